The first-order chi connectivity index (χ1) is 12.4. The third kappa shape index (κ3) is 2.30. The van der Waals surface area contributed by atoms with E-state index < -0.39 is 5.41 Å². The third-order valence-electron chi connectivity index (χ3n) is 5.66. The van der Waals surface area contributed by atoms with Crippen LogP contribution in [0.2, 0.25) is 0 Å². The molecule has 5 nitrogen and oxygen atoms in total. The van der Waals surface area contributed by atoms with Crippen LogP contribution in [0.4, 0.5) is 11.4 Å². The summed E-state index contributed by atoms with van der Waals surface area (Å²) < 4.78 is 0. The minimum atomic E-state index is -0.597. The molecular weight excluding hydrogens is 326 g/mol. The molecule has 0 aromatic heterocycles. The van der Waals surface area contributed by atoms with Crippen molar-refractivity contribution in [3.05, 3.63) is 59.7 Å². The minimum Gasteiger partial charge on any atom is -0.378 e. The molecule has 1 fully saturated rings. The van der Waals surface area contributed by atoms with Crippen molar-refractivity contribution in [2.45, 2.75) is 11.8 Å². The quantitative estimate of drug-likeness (QED) is 0.837. The number of anilines is 2. The zero-order chi connectivity index (χ0) is 18.5. The molecule has 2 heterocycles. The van der Waals surface area contributed by atoms with Gasteiger partial charge < -0.3 is 14.7 Å². The number of likely N-dealkylation sites (tertiary alicyclic amines) is 1. The summed E-state index contributed by atoms with van der Waals surface area (Å²) in [5.41, 5.74) is 3.07. The Hall–Kier alpha value is -2.82. The Labute approximate surface area is 153 Å². The number of benzene rings is 2. The molecule has 134 valence electrons. The highest BCUT2D eigenvalue weighted by atomic mass is 16.2. The van der Waals surface area contributed by atoms with Gasteiger partial charge >= 0.3 is 0 Å². The van der Waals surface area contributed by atoms with Crippen LogP contribution in [0, 0.1) is 0 Å². The summed E-state index contributed by atoms with van der Waals surface area (Å²) in [5.74, 6) is 0.0847. The lowest BCUT2D eigenvalue weighted by Crippen LogP contribution is -2.42. The van der Waals surface area contributed by atoms with E-state index in [-0.39, 0.29) is 11.8 Å². The zero-order valence-corrected chi connectivity index (χ0v) is 15.4. The average Bonchev–Trinajstić information content (AvgIpc) is 3.20. The number of fused-ring (bicyclic) bond motifs is 2. The minimum absolute atomic E-state index is 0.00888. The van der Waals surface area contributed by atoms with Crippen molar-refractivity contribution < 1.29 is 9.59 Å². The molecule has 2 aliphatic rings. The van der Waals surface area contributed by atoms with Gasteiger partial charge in [0.05, 0.1) is 5.41 Å². The molecule has 1 atom stereocenters. The van der Waals surface area contributed by atoms with Crippen LogP contribution in [0.15, 0.2) is 48.5 Å². The molecule has 0 bridgehead atoms. The van der Waals surface area contributed by atoms with E-state index >= 15 is 0 Å². The van der Waals surface area contributed by atoms with E-state index in [4.69, 9.17) is 0 Å². The van der Waals surface area contributed by atoms with E-state index in [0.717, 1.165) is 16.9 Å². The van der Waals surface area contributed by atoms with Gasteiger partial charge in [0.2, 0.25) is 5.91 Å². The van der Waals surface area contributed by atoms with Crippen molar-refractivity contribution in [1.82, 2.24) is 4.90 Å². The molecule has 2 aromatic rings. The Balaban J connectivity index is 1.64. The van der Waals surface area contributed by atoms with Crippen molar-refractivity contribution in [2.75, 3.05) is 44.0 Å². The van der Waals surface area contributed by atoms with Gasteiger partial charge in [0.15, 0.2) is 0 Å². The van der Waals surface area contributed by atoms with Crippen LogP contribution in [0.3, 0.4) is 0 Å². The van der Waals surface area contributed by atoms with Gasteiger partial charge in [-0.1, -0.05) is 24.3 Å². The number of amides is 2. The molecular formula is C21H23N3O2. The molecule has 0 saturated carbocycles. The molecule has 1 spiro atoms. The molecule has 0 N–H and O–H groups in total. The van der Waals surface area contributed by atoms with E-state index in [2.05, 4.69) is 0 Å². The second-order valence-electron chi connectivity index (χ2n) is 7.38. The maximum absolute atomic E-state index is 13.0. The lowest BCUT2D eigenvalue weighted by molar-refractivity contribution is -0.122. The van der Waals surface area contributed by atoms with Gasteiger partial charge in [0.1, 0.15) is 0 Å². The molecule has 1 saturated heterocycles. The standard InChI is InChI=1S/C21H23N3O2/c1-22(2)16-8-6-7-15(13-16)19(25)24-12-11-21(14-24)17-9-4-5-10-18(17)23(3)20(21)26/h4-10,13H,11-12,14H2,1-3H3. The number of rotatable bonds is 2. The van der Waals surface area contributed by atoms with Crippen LogP contribution in [0.1, 0.15) is 22.3 Å². The first-order valence-corrected chi connectivity index (χ1v) is 8.88. The van der Waals surface area contributed by atoms with Crippen LogP contribution in [0.5, 0.6) is 0 Å². The second-order valence-corrected chi connectivity index (χ2v) is 7.38. The molecule has 2 aromatic carbocycles. The van der Waals surface area contributed by atoms with Crippen molar-refractivity contribution in [2.24, 2.45) is 0 Å². The Morgan fingerprint density at radius 2 is 1.88 bits per heavy atom. The predicted octanol–water partition coefficient (Wildman–Crippen LogP) is 2.51. The van der Waals surface area contributed by atoms with Gasteiger partial charge in [-0.25, -0.2) is 0 Å². The topological polar surface area (TPSA) is 43.9 Å². The van der Waals surface area contributed by atoms with Gasteiger partial charge in [0.25, 0.3) is 5.91 Å². The van der Waals surface area contributed by atoms with Crippen molar-refractivity contribution >= 4 is 23.2 Å². The van der Waals surface area contributed by atoms with E-state index in [1.807, 2.05) is 79.5 Å². The normalized spacial score (nSPS) is 21.4. The zero-order valence-electron chi connectivity index (χ0n) is 15.4. The molecule has 4 rings (SSSR count). The highest BCUT2D eigenvalue weighted by Crippen LogP contribution is 2.46. The number of para-hydroxylation sites is 1. The monoisotopic (exact) mass is 349 g/mol. The average molecular weight is 349 g/mol. The Morgan fingerprint density at radius 3 is 2.65 bits per heavy atom. The fourth-order valence-electron chi connectivity index (χ4n) is 4.19. The first kappa shape index (κ1) is 16.6. The number of hydrogen-bond acceptors (Lipinski definition) is 3. The smallest absolute Gasteiger partial charge is 0.253 e. The maximum Gasteiger partial charge on any atom is 0.253 e. The van der Waals surface area contributed by atoms with Crippen LogP contribution in [-0.4, -0.2) is 50.9 Å². The second kappa shape index (κ2) is 5.87. The molecule has 2 amide bonds. The molecule has 1 unspecified atom stereocenters. The van der Waals surface area contributed by atoms with Crippen LogP contribution >= 0.6 is 0 Å². The fourth-order valence-corrected chi connectivity index (χ4v) is 4.19. The fraction of sp³-hybridized carbons (Fsp3) is 0.333. The summed E-state index contributed by atoms with van der Waals surface area (Å²) in [4.78, 5) is 31.6. The van der Waals surface area contributed by atoms with E-state index in [0.29, 0.717) is 25.1 Å². The van der Waals surface area contributed by atoms with Crippen LogP contribution < -0.4 is 9.80 Å². The van der Waals surface area contributed by atoms with Crippen molar-refractivity contribution in [1.29, 1.82) is 0 Å². The Morgan fingerprint density at radius 1 is 1.12 bits per heavy atom. The van der Waals surface area contributed by atoms with Gasteiger partial charge in [-0.3, -0.25) is 9.59 Å². The number of nitrogens with zero attached hydrogens (tertiary/aromatic N) is 3. The summed E-state index contributed by atoms with van der Waals surface area (Å²) >= 11 is 0. The van der Waals surface area contributed by atoms with Gasteiger partial charge in [-0.05, 0) is 36.2 Å². The summed E-state index contributed by atoms with van der Waals surface area (Å²) in [6, 6.07) is 15.6. The SMILES string of the molecule is CN(C)c1cccc(C(=O)N2CCC3(C2)C(=O)N(C)c2ccccc23)c1. The summed E-state index contributed by atoms with van der Waals surface area (Å²) in [6.07, 6.45) is 0.673. The third-order valence-corrected chi connectivity index (χ3v) is 5.66. The summed E-state index contributed by atoms with van der Waals surface area (Å²) in [7, 11) is 5.73. The highest BCUT2D eigenvalue weighted by Gasteiger charge is 2.54. The first-order valence-electron chi connectivity index (χ1n) is 8.88. The molecule has 26 heavy (non-hydrogen) atoms. The van der Waals surface area contributed by atoms with Crippen molar-refractivity contribution in [3.63, 3.8) is 0 Å². The van der Waals surface area contributed by atoms with Gasteiger partial charge in [0, 0.05) is 51.2 Å². The molecule has 5 heteroatoms. The lowest BCUT2D eigenvalue weighted by Gasteiger charge is -2.24. The summed E-state index contributed by atoms with van der Waals surface area (Å²) in [6.45, 7) is 1.04. The van der Waals surface area contributed by atoms with E-state index in [9.17, 15) is 9.59 Å². The van der Waals surface area contributed by atoms with Crippen LogP contribution in [0.25, 0.3) is 0 Å². The van der Waals surface area contributed by atoms with Crippen LogP contribution in [-0.2, 0) is 10.2 Å². The number of hydrogen-bond donors (Lipinski definition) is 0. The number of carbonyl (C=O) groups is 2. The van der Waals surface area contributed by atoms with Gasteiger partial charge in [-0.15, -0.1) is 0 Å². The number of likely N-dealkylation sites (N-methyl/N-ethyl adjacent to an activating group) is 1. The number of carbonyl (C=O) groups excluding carboxylic acids is 2. The molecule has 0 aliphatic carbocycles. The van der Waals surface area contributed by atoms with Gasteiger partial charge in [-0.2, -0.15) is 0 Å². The Bertz CT molecular complexity index is 892. The predicted molar refractivity (Wildman–Crippen MR) is 103 cm³/mol. The maximum atomic E-state index is 13.0. The lowest BCUT2D eigenvalue weighted by atomic mass is 9.81. The highest BCUT2D eigenvalue weighted by molar-refractivity contribution is 6.09. The summed E-state index contributed by atoms with van der Waals surface area (Å²) in [5, 5.41) is 0. The Kier molecular flexibility index (Phi) is 3.75. The van der Waals surface area contributed by atoms with Crippen molar-refractivity contribution in [3.8, 4) is 0 Å². The van der Waals surface area contributed by atoms with E-state index in [1.54, 1.807) is 4.90 Å². The molecule has 0 radical (unpaired) electrons. The largest absolute Gasteiger partial charge is 0.378 e. The molecule has 2 aliphatic heterocycles. The van der Waals surface area contributed by atoms with E-state index in [1.165, 1.54) is 0 Å².